The normalized spacial score (nSPS) is 22.2. The average molecular weight is 290 g/mol. The largest absolute Gasteiger partial charge is 0.444 e. The van der Waals surface area contributed by atoms with Gasteiger partial charge in [0, 0.05) is 0 Å². The monoisotopic (exact) mass is 290 g/mol. The van der Waals surface area contributed by atoms with Crippen molar-refractivity contribution in [3.05, 3.63) is 10.1 Å². The topological polar surface area (TPSA) is 105 Å². The Bertz CT molecular complexity index is 306. The molecule has 0 bridgehead atoms. The molecule has 1 amide bonds. The lowest BCUT2D eigenvalue weighted by Gasteiger charge is -2.24. The molecule has 0 aliphatic heterocycles. The van der Waals surface area contributed by atoms with E-state index in [9.17, 15) is 14.9 Å². The Morgan fingerprint density at radius 2 is 1.80 bits per heavy atom. The van der Waals surface area contributed by atoms with Crippen LogP contribution in [-0.2, 0) is 9.57 Å². The van der Waals surface area contributed by atoms with Crippen LogP contribution in [0.15, 0.2) is 0 Å². The molecule has 2 N–H and O–H groups in total. The van der Waals surface area contributed by atoms with E-state index in [2.05, 4.69) is 16.5 Å². The number of amides is 1. The zero-order chi connectivity index (χ0) is 15.8. The molecule has 1 rings (SSSR count). The maximum atomic E-state index is 10.0. The van der Waals surface area contributed by atoms with Gasteiger partial charge >= 0.3 is 6.09 Å². The number of hydrogen-bond acceptors (Lipinski definition) is 5. The molecule has 0 aromatic carbocycles. The van der Waals surface area contributed by atoms with E-state index in [4.69, 9.17) is 5.73 Å². The number of ether oxygens (including phenoxy) is 1. The Morgan fingerprint density at radius 1 is 1.30 bits per heavy atom. The summed E-state index contributed by atoms with van der Waals surface area (Å²) in [6.07, 6.45) is 3.80. The van der Waals surface area contributed by atoms with Crippen molar-refractivity contribution in [3.8, 4) is 0 Å². The van der Waals surface area contributed by atoms with Crippen LogP contribution >= 0.6 is 0 Å². The second kappa shape index (κ2) is 8.60. The molecule has 1 saturated carbocycles. The summed E-state index contributed by atoms with van der Waals surface area (Å²) >= 11 is 0. The fraction of sp³-hybridized carbons (Fsp3) is 0.923. The fourth-order valence-corrected chi connectivity index (χ4v) is 1.96. The van der Waals surface area contributed by atoms with Crippen molar-refractivity contribution in [3.63, 3.8) is 0 Å². The smallest absolute Gasteiger partial charge is 0.405 e. The number of carbonyl (C=O) groups excluding carboxylic acids is 1. The van der Waals surface area contributed by atoms with Crippen LogP contribution < -0.4 is 5.73 Å². The molecule has 0 saturated heterocycles. The Morgan fingerprint density at radius 3 is 2.10 bits per heavy atom. The molecule has 118 valence electrons. The lowest BCUT2D eigenvalue weighted by molar-refractivity contribution is -0.759. The fourth-order valence-electron chi connectivity index (χ4n) is 1.96. The van der Waals surface area contributed by atoms with Gasteiger partial charge in [-0.3, -0.25) is 0 Å². The summed E-state index contributed by atoms with van der Waals surface area (Å²) < 4.78 is 4.58. The van der Waals surface area contributed by atoms with Gasteiger partial charge in [0.25, 0.3) is 5.09 Å². The minimum atomic E-state index is -0.725. The van der Waals surface area contributed by atoms with E-state index in [-0.39, 0.29) is 0 Å². The van der Waals surface area contributed by atoms with E-state index >= 15 is 0 Å². The summed E-state index contributed by atoms with van der Waals surface area (Å²) in [7, 11) is 0. The van der Waals surface area contributed by atoms with Gasteiger partial charge in [-0.25, -0.2) is 4.79 Å². The summed E-state index contributed by atoms with van der Waals surface area (Å²) in [5.74, 6) is 1.20. The maximum absolute atomic E-state index is 10.0. The van der Waals surface area contributed by atoms with Crippen LogP contribution in [0.4, 0.5) is 4.79 Å². The highest BCUT2D eigenvalue weighted by Gasteiger charge is 2.18. The number of carbonyl (C=O) groups is 1. The average Bonchev–Trinajstić information content (AvgIpc) is 2.25. The van der Waals surface area contributed by atoms with Gasteiger partial charge in [-0.15, -0.1) is 10.1 Å². The molecule has 0 atom stereocenters. The quantitative estimate of drug-likeness (QED) is 0.635. The van der Waals surface area contributed by atoms with Crippen molar-refractivity contribution < 1.29 is 19.5 Å². The Kier molecular flexibility index (Phi) is 7.94. The third-order valence-corrected chi connectivity index (χ3v) is 2.96. The van der Waals surface area contributed by atoms with Gasteiger partial charge in [0.05, 0.1) is 6.61 Å². The molecular weight excluding hydrogens is 264 g/mol. The molecule has 0 aromatic heterocycles. The number of primary amides is 1. The second-order valence-electron chi connectivity index (χ2n) is 6.18. The van der Waals surface area contributed by atoms with Gasteiger partial charge in [-0.1, -0.05) is 19.8 Å². The number of rotatable bonds is 3. The lowest BCUT2D eigenvalue weighted by atomic mass is 9.83. The Balaban J connectivity index is 0.000000396. The maximum Gasteiger partial charge on any atom is 0.405 e. The third kappa shape index (κ3) is 11.6. The summed E-state index contributed by atoms with van der Waals surface area (Å²) in [6, 6.07) is 0. The zero-order valence-corrected chi connectivity index (χ0v) is 12.8. The first-order valence-electron chi connectivity index (χ1n) is 6.86. The van der Waals surface area contributed by atoms with Crippen LogP contribution in [0.3, 0.4) is 0 Å². The van der Waals surface area contributed by atoms with Crippen LogP contribution in [0.2, 0.25) is 0 Å². The molecule has 1 fully saturated rings. The molecule has 1 aliphatic carbocycles. The third-order valence-electron chi connectivity index (χ3n) is 2.96. The molecule has 0 spiro atoms. The van der Waals surface area contributed by atoms with Gasteiger partial charge in [-0.05, 0) is 45.4 Å². The SMILES string of the molecule is CC(C)(C)OC(N)=O.CC1CCC(CO[N+](=O)[O-])CC1. The summed E-state index contributed by atoms with van der Waals surface area (Å²) in [6.45, 7) is 7.80. The van der Waals surface area contributed by atoms with Crippen LogP contribution in [0.1, 0.15) is 53.4 Å². The van der Waals surface area contributed by atoms with Crippen molar-refractivity contribution in [1.29, 1.82) is 0 Å². The lowest BCUT2D eigenvalue weighted by Crippen LogP contribution is -2.27. The summed E-state index contributed by atoms with van der Waals surface area (Å²) in [5.41, 5.74) is 4.26. The highest BCUT2D eigenvalue weighted by atomic mass is 16.9. The summed E-state index contributed by atoms with van der Waals surface area (Å²) in [4.78, 5) is 24.2. The molecule has 0 unspecified atom stereocenters. The minimum Gasteiger partial charge on any atom is -0.444 e. The molecular formula is C13H26N2O5. The van der Waals surface area contributed by atoms with E-state index in [0.29, 0.717) is 12.5 Å². The van der Waals surface area contributed by atoms with Crippen LogP contribution in [-0.4, -0.2) is 23.4 Å². The number of hydrogen-bond donors (Lipinski definition) is 1. The zero-order valence-electron chi connectivity index (χ0n) is 12.8. The van der Waals surface area contributed by atoms with E-state index < -0.39 is 16.8 Å². The van der Waals surface area contributed by atoms with Gasteiger partial charge in [0.1, 0.15) is 5.60 Å². The number of nitrogens with two attached hydrogens (primary N) is 1. The van der Waals surface area contributed by atoms with Crippen LogP contribution in [0, 0.1) is 22.0 Å². The predicted octanol–water partition coefficient (Wildman–Crippen LogP) is 2.90. The Labute approximate surface area is 119 Å². The van der Waals surface area contributed by atoms with Crippen LogP contribution in [0.25, 0.3) is 0 Å². The Hall–Kier alpha value is -1.53. The van der Waals surface area contributed by atoms with Crippen molar-refractivity contribution in [2.45, 2.75) is 59.0 Å². The van der Waals surface area contributed by atoms with Gasteiger partial charge < -0.3 is 15.3 Å². The van der Waals surface area contributed by atoms with Crippen molar-refractivity contribution >= 4 is 6.09 Å². The molecule has 1 aliphatic rings. The summed E-state index contributed by atoms with van der Waals surface area (Å²) in [5, 5.41) is 9.19. The molecule has 0 radical (unpaired) electrons. The first kappa shape index (κ1) is 18.5. The highest BCUT2D eigenvalue weighted by Crippen LogP contribution is 2.28. The first-order valence-corrected chi connectivity index (χ1v) is 6.86. The van der Waals surface area contributed by atoms with E-state index in [1.54, 1.807) is 20.8 Å². The molecule has 7 heteroatoms. The van der Waals surface area contributed by atoms with Crippen molar-refractivity contribution in [2.24, 2.45) is 17.6 Å². The highest BCUT2D eigenvalue weighted by molar-refractivity contribution is 5.65. The van der Waals surface area contributed by atoms with E-state index in [1.807, 2.05) is 0 Å². The van der Waals surface area contributed by atoms with Crippen LogP contribution in [0.5, 0.6) is 0 Å². The minimum absolute atomic E-state index is 0.291. The molecule has 7 nitrogen and oxygen atoms in total. The van der Waals surface area contributed by atoms with Gasteiger partial charge in [0.2, 0.25) is 0 Å². The number of nitrogens with zero attached hydrogens (tertiary/aromatic N) is 1. The van der Waals surface area contributed by atoms with Gasteiger partial charge in [0.15, 0.2) is 0 Å². The van der Waals surface area contributed by atoms with E-state index in [0.717, 1.165) is 18.8 Å². The van der Waals surface area contributed by atoms with Crippen molar-refractivity contribution in [1.82, 2.24) is 0 Å². The van der Waals surface area contributed by atoms with Gasteiger partial charge in [-0.2, -0.15) is 0 Å². The molecule has 0 aromatic rings. The second-order valence-corrected chi connectivity index (χ2v) is 6.18. The first-order chi connectivity index (χ1) is 9.10. The van der Waals surface area contributed by atoms with Crippen molar-refractivity contribution in [2.75, 3.05) is 6.61 Å². The predicted molar refractivity (Wildman–Crippen MR) is 74.5 cm³/mol. The molecule has 0 heterocycles. The van der Waals surface area contributed by atoms with E-state index in [1.165, 1.54) is 12.8 Å². The standard InChI is InChI=1S/C8H15NO3.C5H11NO2/c1-7-2-4-8(5-3-7)6-12-9(10)11;1-5(2,3)8-4(6)7/h7-8H,2-6H2,1H3;1-3H3,(H2,6,7). The molecule has 20 heavy (non-hydrogen) atoms.